The molecule has 27 heavy (non-hydrogen) atoms. The lowest BCUT2D eigenvalue weighted by Crippen LogP contribution is -2.49. The molecule has 0 N–H and O–H groups in total. The highest BCUT2D eigenvalue weighted by Crippen LogP contribution is 2.12. The number of hydrogen-bond acceptors (Lipinski definition) is 3. The summed E-state index contributed by atoms with van der Waals surface area (Å²) in [5.74, 6) is 0.362. The van der Waals surface area contributed by atoms with Gasteiger partial charge in [-0.25, -0.2) is 0 Å². The van der Waals surface area contributed by atoms with Crippen molar-refractivity contribution in [2.45, 2.75) is 26.7 Å². The number of hydrogen-bond donors (Lipinski definition) is 0. The third-order valence-electron chi connectivity index (χ3n) is 5.39. The van der Waals surface area contributed by atoms with Crippen LogP contribution in [0.5, 0.6) is 0 Å². The van der Waals surface area contributed by atoms with Crippen LogP contribution in [-0.2, 0) is 11.2 Å². The molecule has 2 aromatic carbocycles. The first-order valence-electron chi connectivity index (χ1n) is 9.67. The van der Waals surface area contributed by atoms with Gasteiger partial charge < -0.3 is 4.90 Å². The predicted octanol–water partition coefficient (Wildman–Crippen LogP) is 3.26. The minimum atomic E-state index is 0.155. The van der Waals surface area contributed by atoms with E-state index in [1.54, 1.807) is 0 Å². The molecule has 0 radical (unpaired) electrons. The van der Waals surface area contributed by atoms with Crippen LogP contribution in [-0.4, -0.2) is 54.2 Å². The van der Waals surface area contributed by atoms with Crippen molar-refractivity contribution in [3.63, 3.8) is 0 Å². The minimum Gasteiger partial charge on any atom is -0.340 e. The third-order valence-corrected chi connectivity index (χ3v) is 5.39. The van der Waals surface area contributed by atoms with Gasteiger partial charge in [-0.05, 0) is 43.0 Å². The molecule has 1 amide bonds. The Morgan fingerprint density at radius 1 is 0.889 bits per heavy atom. The summed E-state index contributed by atoms with van der Waals surface area (Å²) in [4.78, 5) is 29.0. The predicted molar refractivity (Wildman–Crippen MR) is 108 cm³/mol. The van der Waals surface area contributed by atoms with Gasteiger partial charge >= 0.3 is 0 Å². The second kappa shape index (κ2) is 8.96. The first kappa shape index (κ1) is 19.3. The summed E-state index contributed by atoms with van der Waals surface area (Å²) in [6, 6.07) is 16.0. The van der Waals surface area contributed by atoms with Gasteiger partial charge in [-0.3, -0.25) is 14.5 Å². The van der Waals surface area contributed by atoms with Gasteiger partial charge in [-0.15, -0.1) is 0 Å². The molecule has 0 aliphatic carbocycles. The molecule has 0 unspecified atom stereocenters. The molecule has 0 atom stereocenters. The SMILES string of the molecule is Cc1ccc(C(=O)CN2CCN(C(=O)CCc3ccccc3)CC2)cc1C. The molecule has 1 heterocycles. The van der Waals surface area contributed by atoms with Crippen molar-refractivity contribution in [3.05, 3.63) is 70.8 Å². The molecular formula is C23H28N2O2. The van der Waals surface area contributed by atoms with Crippen molar-refractivity contribution in [1.29, 1.82) is 0 Å². The zero-order valence-corrected chi connectivity index (χ0v) is 16.3. The number of rotatable bonds is 6. The molecule has 2 aromatic rings. The molecule has 142 valence electrons. The van der Waals surface area contributed by atoms with Crippen molar-refractivity contribution in [2.75, 3.05) is 32.7 Å². The summed E-state index contributed by atoms with van der Waals surface area (Å²) >= 11 is 0. The van der Waals surface area contributed by atoms with Crippen LogP contribution in [0, 0.1) is 13.8 Å². The highest BCUT2D eigenvalue weighted by Gasteiger charge is 2.22. The number of Topliss-reactive ketones (excluding diaryl/α,β-unsaturated/α-hetero) is 1. The van der Waals surface area contributed by atoms with Crippen LogP contribution in [0.4, 0.5) is 0 Å². The molecule has 0 spiro atoms. The Morgan fingerprint density at radius 2 is 1.59 bits per heavy atom. The lowest BCUT2D eigenvalue weighted by Gasteiger charge is -2.34. The molecular weight excluding hydrogens is 336 g/mol. The van der Waals surface area contributed by atoms with E-state index in [0.29, 0.717) is 26.1 Å². The molecule has 0 aromatic heterocycles. The van der Waals surface area contributed by atoms with E-state index in [1.165, 1.54) is 11.1 Å². The third kappa shape index (κ3) is 5.27. The fourth-order valence-electron chi connectivity index (χ4n) is 3.42. The Bertz CT molecular complexity index is 793. The molecule has 0 saturated carbocycles. The molecule has 4 nitrogen and oxygen atoms in total. The van der Waals surface area contributed by atoms with Crippen LogP contribution in [0.2, 0.25) is 0 Å². The fourth-order valence-corrected chi connectivity index (χ4v) is 3.42. The normalized spacial score (nSPS) is 15.0. The number of piperazine rings is 1. The fraction of sp³-hybridized carbons (Fsp3) is 0.391. The van der Waals surface area contributed by atoms with Crippen molar-refractivity contribution in [2.24, 2.45) is 0 Å². The molecule has 0 bridgehead atoms. The molecule has 1 fully saturated rings. The maximum atomic E-state index is 12.5. The standard InChI is InChI=1S/C23H28N2O2/c1-18-8-10-21(16-19(18)2)22(26)17-24-12-14-25(15-13-24)23(27)11-9-20-6-4-3-5-7-20/h3-8,10,16H,9,11-15,17H2,1-2H3. The van der Waals surface area contributed by atoms with E-state index in [4.69, 9.17) is 0 Å². The van der Waals surface area contributed by atoms with Crippen LogP contribution >= 0.6 is 0 Å². The van der Waals surface area contributed by atoms with Gasteiger partial charge in [-0.2, -0.15) is 0 Å². The van der Waals surface area contributed by atoms with E-state index in [1.807, 2.05) is 48.2 Å². The first-order chi connectivity index (χ1) is 13.0. The summed E-state index contributed by atoms with van der Waals surface area (Å²) in [6.45, 7) is 7.43. The maximum Gasteiger partial charge on any atom is 0.222 e. The van der Waals surface area contributed by atoms with E-state index < -0.39 is 0 Å². The van der Waals surface area contributed by atoms with Crippen molar-refractivity contribution >= 4 is 11.7 Å². The molecule has 1 aliphatic rings. The van der Waals surface area contributed by atoms with E-state index in [-0.39, 0.29) is 11.7 Å². The van der Waals surface area contributed by atoms with E-state index in [0.717, 1.165) is 30.6 Å². The van der Waals surface area contributed by atoms with E-state index in [2.05, 4.69) is 24.0 Å². The highest BCUT2D eigenvalue weighted by molar-refractivity contribution is 5.97. The molecule has 3 rings (SSSR count). The Balaban J connectivity index is 1.44. The summed E-state index contributed by atoms with van der Waals surface area (Å²) in [5.41, 5.74) is 4.33. The van der Waals surface area contributed by atoms with E-state index in [9.17, 15) is 9.59 Å². The van der Waals surface area contributed by atoms with Crippen molar-refractivity contribution in [1.82, 2.24) is 9.80 Å². The zero-order chi connectivity index (χ0) is 19.2. The monoisotopic (exact) mass is 364 g/mol. The Morgan fingerprint density at radius 3 is 2.26 bits per heavy atom. The zero-order valence-electron chi connectivity index (χ0n) is 16.3. The van der Waals surface area contributed by atoms with Gasteiger partial charge in [0.05, 0.1) is 6.54 Å². The van der Waals surface area contributed by atoms with Crippen LogP contribution in [0.15, 0.2) is 48.5 Å². The Kier molecular flexibility index (Phi) is 6.40. The number of amides is 1. The Labute approximate surface area is 161 Å². The Hall–Kier alpha value is -2.46. The lowest BCUT2D eigenvalue weighted by atomic mass is 10.0. The van der Waals surface area contributed by atoms with Crippen molar-refractivity contribution < 1.29 is 9.59 Å². The number of benzene rings is 2. The smallest absolute Gasteiger partial charge is 0.222 e. The van der Waals surface area contributed by atoms with Crippen LogP contribution in [0.3, 0.4) is 0 Å². The minimum absolute atomic E-state index is 0.155. The summed E-state index contributed by atoms with van der Waals surface area (Å²) < 4.78 is 0. The van der Waals surface area contributed by atoms with Gasteiger partial charge in [-0.1, -0.05) is 42.5 Å². The molecule has 1 saturated heterocycles. The first-order valence-corrected chi connectivity index (χ1v) is 9.67. The number of carbonyl (C=O) groups excluding carboxylic acids is 2. The van der Waals surface area contributed by atoms with Gasteiger partial charge in [0.1, 0.15) is 0 Å². The topological polar surface area (TPSA) is 40.6 Å². The van der Waals surface area contributed by atoms with Gasteiger partial charge in [0.2, 0.25) is 5.91 Å². The quantitative estimate of drug-likeness (QED) is 0.739. The highest BCUT2D eigenvalue weighted by atomic mass is 16.2. The number of aryl methyl sites for hydroxylation is 3. The largest absolute Gasteiger partial charge is 0.340 e. The summed E-state index contributed by atoms with van der Waals surface area (Å²) in [5, 5.41) is 0. The number of nitrogens with zero attached hydrogens (tertiary/aromatic N) is 2. The van der Waals surface area contributed by atoms with E-state index >= 15 is 0 Å². The maximum absolute atomic E-state index is 12.5. The number of ketones is 1. The second-order valence-corrected chi connectivity index (χ2v) is 7.36. The molecule has 1 aliphatic heterocycles. The molecule has 4 heteroatoms. The average molecular weight is 364 g/mol. The van der Waals surface area contributed by atoms with Crippen molar-refractivity contribution in [3.8, 4) is 0 Å². The number of carbonyl (C=O) groups is 2. The van der Waals surface area contributed by atoms with Crippen LogP contribution < -0.4 is 0 Å². The summed E-state index contributed by atoms with van der Waals surface area (Å²) in [6.07, 6.45) is 1.33. The van der Waals surface area contributed by atoms with Gasteiger partial charge in [0, 0.05) is 38.2 Å². The lowest BCUT2D eigenvalue weighted by molar-refractivity contribution is -0.132. The van der Waals surface area contributed by atoms with Crippen LogP contribution in [0.25, 0.3) is 0 Å². The van der Waals surface area contributed by atoms with Gasteiger partial charge in [0.15, 0.2) is 5.78 Å². The summed E-state index contributed by atoms with van der Waals surface area (Å²) in [7, 11) is 0. The average Bonchev–Trinajstić information content (AvgIpc) is 2.69. The second-order valence-electron chi connectivity index (χ2n) is 7.36. The van der Waals surface area contributed by atoms with Crippen LogP contribution in [0.1, 0.15) is 33.5 Å². The van der Waals surface area contributed by atoms with Gasteiger partial charge in [0.25, 0.3) is 0 Å².